The van der Waals surface area contributed by atoms with Crippen molar-refractivity contribution in [2.45, 2.75) is 57.6 Å². The molecule has 0 spiro atoms. The lowest BCUT2D eigenvalue weighted by Gasteiger charge is -2.24. The normalized spacial score (nSPS) is 26.2. The second kappa shape index (κ2) is 6.72. The number of rotatable bonds is 7. The highest BCUT2D eigenvalue weighted by Crippen LogP contribution is 2.31. The molecular formula is C12H26ClNO. The number of halogens is 1. The summed E-state index contributed by atoms with van der Waals surface area (Å²) in [5.41, 5.74) is 0.199. The summed E-state index contributed by atoms with van der Waals surface area (Å²) in [5.74, 6) is 0. The van der Waals surface area contributed by atoms with Crippen LogP contribution in [-0.4, -0.2) is 32.3 Å². The van der Waals surface area contributed by atoms with E-state index in [1.807, 2.05) is 0 Å². The smallest absolute Gasteiger partial charge is 0.140 e. The summed E-state index contributed by atoms with van der Waals surface area (Å²) in [6, 6.07) is 0.694. The van der Waals surface area contributed by atoms with Gasteiger partial charge in [0, 0.05) is 6.42 Å². The van der Waals surface area contributed by atoms with Crippen molar-refractivity contribution >= 4 is 0 Å². The van der Waals surface area contributed by atoms with Crippen LogP contribution >= 0.6 is 0 Å². The van der Waals surface area contributed by atoms with Gasteiger partial charge in [-0.3, -0.25) is 0 Å². The van der Waals surface area contributed by atoms with Gasteiger partial charge in [-0.05, 0) is 13.3 Å². The third kappa shape index (κ3) is 4.71. The van der Waals surface area contributed by atoms with Gasteiger partial charge in [0.2, 0.25) is 0 Å². The summed E-state index contributed by atoms with van der Waals surface area (Å²) in [6.45, 7) is 5.49. The molecule has 1 fully saturated rings. The van der Waals surface area contributed by atoms with E-state index in [0.717, 1.165) is 6.61 Å². The average molecular weight is 236 g/mol. The molecule has 2 unspecified atom stereocenters. The fourth-order valence-corrected chi connectivity index (χ4v) is 2.29. The molecule has 1 rings (SSSR count). The van der Waals surface area contributed by atoms with Gasteiger partial charge in [0.15, 0.2) is 0 Å². The summed E-state index contributed by atoms with van der Waals surface area (Å²) in [5, 5.41) is 0. The van der Waals surface area contributed by atoms with E-state index in [1.165, 1.54) is 32.1 Å². The van der Waals surface area contributed by atoms with E-state index in [0.29, 0.717) is 6.04 Å². The summed E-state index contributed by atoms with van der Waals surface area (Å²) in [7, 11) is 4.49. The second-order valence-electron chi connectivity index (χ2n) is 5.08. The van der Waals surface area contributed by atoms with E-state index < -0.39 is 0 Å². The molecule has 0 radical (unpaired) electrons. The summed E-state index contributed by atoms with van der Waals surface area (Å²) < 4.78 is 5.56. The maximum atomic E-state index is 5.56. The lowest BCUT2D eigenvalue weighted by molar-refractivity contribution is -0.890. The first-order valence-corrected chi connectivity index (χ1v) is 6.04. The third-order valence-electron chi connectivity index (χ3n) is 3.38. The standard InChI is InChI=1S/C12H25NO.ClH/c1-5-6-7-8-9-11(13(3)4)12(2)10-14-12;/h11H,5-10H2,1-4H3;1H. The van der Waals surface area contributed by atoms with E-state index in [-0.39, 0.29) is 18.0 Å². The monoisotopic (exact) mass is 235 g/mol. The van der Waals surface area contributed by atoms with E-state index in [2.05, 4.69) is 27.9 Å². The fourth-order valence-electron chi connectivity index (χ4n) is 2.29. The number of hydrogen-bond acceptors (Lipinski definition) is 1. The minimum Gasteiger partial charge on any atom is -1.00 e. The van der Waals surface area contributed by atoms with Gasteiger partial charge < -0.3 is 22.0 Å². The van der Waals surface area contributed by atoms with Gasteiger partial charge in [0.05, 0.1) is 20.7 Å². The molecule has 0 aromatic heterocycles. The number of epoxide rings is 1. The van der Waals surface area contributed by atoms with Crippen LogP contribution in [0, 0.1) is 0 Å². The third-order valence-corrected chi connectivity index (χ3v) is 3.38. The molecule has 1 aliphatic heterocycles. The van der Waals surface area contributed by atoms with Crippen molar-refractivity contribution in [1.82, 2.24) is 0 Å². The lowest BCUT2D eigenvalue weighted by Crippen LogP contribution is -3.11. The lowest BCUT2D eigenvalue weighted by atomic mass is 9.95. The minimum absolute atomic E-state index is 0. The Bertz CT molecular complexity index is 169. The highest BCUT2D eigenvalue weighted by atomic mass is 35.5. The Morgan fingerprint density at radius 2 is 1.87 bits per heavy atom. The largest absolute Gasteiger partial charge is 1.00 e. The average Bonchev–Trinajstić information content (AvgIpc) is 2.83. The summed E-state index contributed by atoms with van der Waals surface area (Å²) in [6.07, 6.45) is 6.78. The predicted octanol–water partition coefficient (Wildman–Crippen LogP) is -1.74. The molecule has 1 aliphatic rings. The molecule has 0 aliphatic carbocycles. The predicted molar refractivity (Wildman–Crippen MR) is 59.7 cm³/mol. The van der Waals surface area contributed by atoms with Crippen molar-refractivity contribution in [2.24, 2.45) is 0 Å². The zero-order valence-corrected chi connectivity index (χ0v) is 11.4. The first-order chi connectivity index (χ1) is 6.60. The number of likely N-dealkylation sites (N-methyl/N-ethyl adjacent to an activating group) is 1. The van der Waals surface area contributed by atoms with Crippen LogP contribution in [0.1, 0.15) is 46.0 Å². The molecule has 0 saturated carbocycles. The molecule has 3 heteroatoms. The maximum absolute atomic E-state index is 5.56. The van der Waals surface area contributed by atoms with Crippen LogP contribution in [0.25, 0.3) is 0 Å². The Hall–Kier alpha value is 0.210. The van der Waals surface area contributed by atoms with Gasteiger partial charge in [-0.1, -0.05) is 26.2 Å². The highest BCUT2D eigenvalue weighted by molar-refractivity contribution is 4.94. The number of hydrogen-bond donors (Lipinski definition) is 1. The van der Waals surface area contributed by atoms with E-state index in [1.54, 1.807) is 4.90 Å². The summed E-state index contributed by atoms with van der Waals surface area (Å²) >= 11 is 0. The van der Waals surface area contributed by atoms with Gasteiger partial charge in [0.1, 0.15) is 11.6 Å². The van der Waals surface area contributed by atoms with Crippen LogP contribution in [0.5, 0.6) is 0 Å². The number of ether oxygens (including phenoxy) is 1. The number of nitrogens with one attached hydrogen (secondary N) is 1. The Morgan fingerprint density at radius 1 is 1.27 bits per heavy atom. The Kier molecular flexibility index (Phi) is 6.81. The van der Waals surface area contributed by atoms with Crippen molar-refractivity contribution in [3.63, 3.8) is 0 Å². The molecule has 2 atom stereocenters. The molecule has 1 saturated heterocycles. The van der Waals surface area contributed by atoms with E-state index in [4.69, 9.17) is 4.74 Å². The van der Waals surface area contributed by atoms with Gasteiger partial charge in [0.25, 0.3) is 0 Å². The van der Waals surface area contributed by atoms with Gasteiger partial charge in [-0.2, -0.15) is 0 Å². The first kappa shape index (κ1) is 15.2. The van der Waals surface area contributed by atoms with Gasteiger partial charge >= 0.3 is 0 Å². The topological polar surface area (TPSA) is 17.0 Å². The molecule has 1 N–H and O–H groups in total. The van der Waals surface area contributed by atoms with Crippen LogP contribution in [0.15, 0.2) is 0 Å². The van der Waals surface area contributed by atoms with Crippen molar-refractivity contribution in [1.29, 1.82) is 0 Å². The van der Waals surface area contributed by atoms with Crippen LogP contribution in [0.3, 0.4) is 0 Å². The Labute approximate surface area is 101 Å². The zero-order valence-electron chi connectivity index (χ0n) is 10.6. The van der Waals surface area contributed by atoms with Crippen LogP contribution in [-0.2, 0) is 4.74 Å². The van der Waals surface area contributed by atoms with Crippen LogP contribution in [0.2, 0.25) is 0 Å². The summed E-state index contributed by atoms with van der Waals surface area (Å²) in [4.78, 5) is 1.54. The maximum Gasteiger partial charge on any atom is 0.140 e. The van der Waals surface area contributed by atoms with Gasteiger partial charge in [-0.25, -0.2) is 0 Å². The SMILES string of the molecule is CCCCCCC([NH+](C)C)C1(C)CO1.[Cl-]. The molecule has 0 bridgehead atoms. The van der Waals surface area contributed by atoms with Crippen molar-refractivity contribution in [2.75, 3.05) is 20.7 Å². The van der Waals surface area contributed by atoms with Crippen LogP contribution in [0.4, 0.5) is 0 Å². The highest BCUT2D eigenvalue weighted by Gasteiger charge is 2.50. The molecular weight excluding hydrogens is 210 g/mol. The van der Waals surface area contributed by atoms with Crippen molar-refractivity contribution in [3.8, 4) is 0 Å². The van der Waals surface area contributed by atoms with E-state index in [9.17, 15) is 0 Å². The molecule has 15 heavy (non-hydrogen) atoms. The quantitative estimate of drug-likeness (QED) is 0.410. The van der Waals surface area contributed by atoms with E-state index >= 15 is 0 Å². The first-order valence-electron chi connectivity index (χ1n) is 6.04. The van der Waals surface area contributed by atoms with Crippen molar-refractivity contribution in [3.05, 3.63) is 0 Å². The minimum atomic E-state index is 0. The Morgan fingerprint density at radius 3 is 2.27 bits per heavy atom. The molecule has 0 aromatic rings. The number of quaternary nitrogens is 1. The van der Waals surface area contributed by atoms with Crippen LogP contribution < -0.4 is 17.3 Å². The Balaban J connectivity index is 0.00000196. The van der Waals surface area contributed by atoms with Gasteiger partial charge in [-0.15, -0.1) is 0 Å². The number of unbranched alkanes of at least 4 members (excludes halogenated alkanes) is 3. The molecule has 0 aromatic carbocycles. The van der Waals surface area contributed by atoms with Crippen molar-refractivity contribution < 1.29 is 22.0 Å². The molecule has 1 heterocycles. The second-order valence-corrected chi connectivity index (χ2v) is 5.08. The molecule has 92 valence electrons. The molecule has 2 nitrogen and oxygen atoms in total. The molecule has 0 amide bonds. The zero-order chi connectivity index (χ0) is 10.6. The fraction of sp³-hybridized carbons (Fsp3) is 1.00.